The first-order chi connectivity index (χ1) is 15.1. The van der Waals surface area contributed by atoms with E-state index in [1.165, 1.54) is 18.3 Å². The Morgan fingerprint density at radius 1 is 1.16 bits per heavy atom. The number of hydrogen-bond donors (Lipinski definition) is 1. The van der Waals surface area contributed by atoms with Gasteiger partial charge in [0.15, 0.2) is 18.7 Å². The van der Waals surface area contributed by atoms with Gasteiger partial charge in [0.1, 0.15) is 11.5 Å². The minimum atomic E-state index is -4.60. The summed E-state index contributed by atoms with van der Waals surface area (Å²) in [6.07, 6.45) is -2.97. The third kappa shape index (κ3) is 6.88. The number of rotatable bonds is 5. The van der Waals surface area contributed by atoms with Gasteiger partial charge in [0.2, 0.25) is 5.88 Å². The van der Waals surface area contributed by atoms with Crippen molar-refractivity contribution in [2.75, 3.05) is 19.0 Å². The van der Waals surface area contributed by atoms with Gasteiger partial charge < -0.3 is 10.1 Å². The van der Waals surface area contributed by atoms with Crippen LogP contribution in [0.5, 0.6) is 5.88 Å². The van der Waals surface area contributed by atoms with Gasteiger partial charge in [0, 0.05) is 13.2 Å². The summed E-state index contributed by atoms with van der Waals surface area (Å²) in [6.45, 7) is 0.140. The molecule has 0 saturated heterocycles. The zero-order chi connectivity index (χ0) is 23.9. The molecule has 0 aliphatic carbocycles. The molecule has 0 saturated carbocycles. The number of hydrogen-bond acceptors (Lipinski definition) is 5. The van der Waals surface area contributed by atoms with Gasteiger partial charge in [-0.3, -0.25) is 9.78 Å². The predicted octanol–water partition coefficient (Wildman–Crippen LogP) is 5.87. The van der Waals surface area contributed by atoms with E-state index in [1.807, 2.05) is 0 Å². The SMILES string of the molecule is CNc1c(F)cccc1Cl.Cc1ccc(-c2nc(OCC(F)(F)F)c(C=O)cc2F)nc1. The summed E-state index contributed by atoms with van der Waals surface area (Å²) in [6, 6.07) is 8.44. The second-order valence-corrected chi connectivity index (χ2v) is 6.71. The van der Waals surface area contributed by atoms with E-state index in [4.69, 9.17) is 11.6 Å². The Hall–Kier alpha value is -3.27. The maximum Gasteiger partial charge on any atom is 0.422 e. The van der Waals surface area contributed by atoms with E-state index in [1.54, 1.807) is 32.2 Å². The highest BCUT2D eigenvalue weighted by molar-refractivity contribution is 6.33. The monoisotopic (exact) mass is 473 g/mol. The molecular weight excluding hydrogens is 457 g/mol. The summed E-state index contributed by atoms with van der Waals surface area (Å²) in [5, 5.41) is 3.06. The van der Waals surface area contributed by atoms with Gasteiger partial charge in [-0.1, -0.05) is 23.7 Å². The number of carbonyl (C=O) groups is 1. The Labute approximate surface area is 185 Å². The Morgan fingerprint density at radius 2 is 1.88 bits per heavy atom. The largest absolute Gasteiger partial charge is 0.467 e. The molecule has 0 bridgehead atoms. The van der Waals surface area contributed by atoms with Crippen molar-refractivity contribution in [1.29, 1.82) is 0 Å². The topological polar surface area (TPSA) is 64.1 Å². The fourth-order valence-electron chi connectivity index (χ4n) is 2.36. The van der Waals surface area contributed by atoms with E-state index in [0.29, 0.717) is 10.7 Å². The molecule has 0 atom stereocenters. The van der Waals surface area contributed by atoms with Crippen molar-refractivity contribution in [2.24, 2.45) is 0 Å². The van der Waals surface area contributed by atoms with Gasteiger partial charge in [-0.05, 0) is 36.8 Å². The van der Waals surface area contributed by atoms with E-state index in [9.17, 15) is 26.7 Å². The van der Waals surface area contributed by atoms with E-state index >= 15 is 0 Å². The average molecular weight is 474 g/mol. The van der Waals surface area contributed by atoms with Crippen LogP contribution in [0.25, 0.3) is 11.4 Å². The number of aromatic nitrogens is 2. The number of carbonyl (C=O) groups excluding carboxylic acids is 1. The van der Waals surface area contributed by atoms with Crippen LogP contribution in [0.1, 0.15) is 15.9 Å². The molecule has 5 nitrogen and oxygen atoms in total. The summed E-state index contributed by atoms with van der Waals surface area (Å²) >= 11 is 5.63. The first kappa shape index (κ1) is 25.0. The van der Waals surface area contributed by atoms with E-state index < -0.39 is 30.0 Å². The molecule has 0 radical (unpaired) electrons. The molecule has 32 heavy (non-hydrogen) atoms. The van der Waals surface area contributed by atoms with Crippen LogP contribution in [0.15, 0.2) is 42.6 Å². The summed E-state index contributed by atoms with van der Waals surface area (Å²) in [5.74, 6) is -1.79. The van der Waals surface area contributed by atoms with Crippen LogP contribution in [-0.2, 0) is 0 Å². The number of aldehydes is 1. The number of halogens is 6. The van der Waals surface area contributed by atoms with Crippen molar-refractivity contribution in [3.05, 3.63) is 70.4 Å². The van der Waals surface area contributed by atoms with Crippen LogP contribution < -0.4 is 10.1 Å². The van der Waals surface area contributed by atoms with Crippen molar-refractivity contribution in [3.63, 3.8) is 0 Å². The summed E-state index contributed by atoms with van der Waals surface area (Å²) < 4.78 is 67.7. The lowest BCUT2D eigenvalue weighted by Crippen LogP contribution is -2.20. The van der Waals surface area contributed by atoms with Crippen molar-refractivity contribution < 1.29 is 31.5 Å². The second-order valence-electron chi connectivity index (χ2n) is 6.30. The molecule has 3 aromatic rings. The van der Waals surface area contributed by atoms with Gasteiger partial charge in [-0.15, -0.1) is 0 Å². The third-order valence-electron chi connectivity index (χ3n) is 3.84. The van der Waals surface area contributed by atoms with Gasteiger partial charge in [-0.25, -0.2) is 13.8 Å². The number of para-hydroxylation sites is 1. The van der Waals surface area contributed by atoms with Crippen molar-refractivity contribution in [1.82, 2.24) is 9.97 Å². The summed E-state index contributed by atoms with van der Waals surface area (Å²) in [5.41, 5.74) is 0.601. The highest BCUT2D eigenvalue weighted by atomic mass is 35.5. The Kier molecular flexibility index (Phi) is 8.48. The normalized spacial score (nSPS) is 10.8. The zero-order valence-electron chi connectivity index (χ0n) is 16.8. The first-order valence-electron chi connectivity index (χ1n) is 8.95. The molecule has 11 heteroatoms. The van der Waals surface area contributed by atoms with Crippen LogP contribution in [0.2, 0.25) is 5.02 Å². The van der Waals surface area contributed by atoms with E-state index in [2.05, 4.69) is 20.0 Å². The number of nitrogens with one attached hydrogen (secondary N) is 1. The lowest BCUT2D eigenvalue weighted by atomic mass is 10.2. The Bertz CT molecular complexity index is 1060. The van der Waals surface area contributed by atoms with E-state index in [0.717, 1.165) is 11.6 Å². The molecule has 2 heterocycles. The van der Waals surface area contributed by atoms with Gasteiger partial charge in [-0.2, -0.15) is 13.2 Å². The average Bonchev–Trinajstić information content (AvgIpc) is 2.73. The van der Waals surface area contributed by atoms with E-state index in [-0.39, 0.29) is 23.5 Å². The fourth-order valence-corrected chi connectivity index (χ4v) is 2.62. The maximum atomic E-state index is 13.9. The lowest BCUT2D eigenvalue weighted by Gasteiger charge is -2.11. The highest BCUT2D eigenvalue weighted by Gasteiger charge is 2.29. The standard InChI is InChI=1S/C14H10F4N2O2.C7H7ClFN/c1-8-2-3-11(19-5-8)12-10(15)4-9(6-21)13(20-12)22-7-14(16,17)18;1-10-7-5(8)3-2-4-6(7)9/h2-6H,7H2,1H3;2-4,10H,1H3. The van der Waals surface area contributed by atoms with Gasteiger partial charge in [0.25, 0.3) is 0 Å². The minimum absolute atomic E-state index is 0.123. The Morgan fingerprint density at radius 3 is 2.38 bits per heavy atom. The van der Waals surface area contributed by atoms with Crippen LogP contribution in [-0.4, -0.2) is 36.1 Å². The van der Waals surface area contributed by atoms with Crippen molar-refractivity contribution in [2.45, 2.75) is 13.1 Å². The number of benzene rings is 1. The van der Waals surface area contributed by atoms with Crippen LogP contribution in [0.4, 0.5) is 27.6 Å². The molecule has 0 amide bonds. The molecule has 0 aliphatic rings. The zero-order valence-corrected chi connectivity index (χ0v) is 17.6. The number of alkyl halides is 3. The minimum Gasteiger partial charge on any atom is -0.467 e. The molecule has 2 aromatic heterocycles. The molecule has 0 aliphatic heterocycles. The molecule has 1 aromatic carbocycles. The molecule has 170 valence electrons. The number of ether oxygens (including phenoxy) is 1. The van der Waals surface area contributed by atoms with Gasteiger partial charge in [0.05, 0.1) is 22.0 Å². The van der Waals surface area contributed by atoms with Crippen molar-refractivity contribution in [3.8, 4) is 17.3 Å². The number of nitrogens with zero attached hydrogens (tertiary/aromatic N) is 2. The Balaban J connectivity index is 0.000000303. The molecular formula is C21H17ClF5N3O2. The molecule has 3 rings (SSSR count). The molecule has 0 spiro atoms. The van der Waals surface area contributed by atoms with Crippen LogP contribution >= 0.6 is 11.6 Å². The quantitative estimate of drug-likeness (QED) is 0.371. The summed E-state index contributed by atoms with van der Waals surface area (Å²) in [4.78, 5) is 18.4. The second kappa shape index (κ2) is 10.9. The number of aryl methyl sites for hydroxylation is 1. The third-order valence-corrected chi connectivity index (χ3v) is 4.15. The number of anilines is 1. The van der Waals surface area contributed by atoms with Gasteiger partial charge >= 0.3 is 6.18 Å². The lowest BCUT2D eigenvalue weighted by molar-refractivity contribution is -0.154. The van der Waals surface area contributed by atoms with Crippen molar-refractivity contribution >= 4 is 23.6 Å². The number of pyridine rings is 2. The summed E-state index contributed by atoms with van der Waals surface area (Å²) in [7, 11) is 1.63. The molecule has 0 unspecified atom stereocenters. The highest BCUT2D eigenvalue weighted by Crippen LogP contribution is 2.26. The first-order valence-corrected chi connectivity index (χ1v) is 9.33. The molecule has 0 fully saturated rings. The maximum absolute atomic E-state index is 13.9. The predicted molar refractivity (Wildman–Crippen MR) is 110 cm³/mol. The fraction of sp³-hybridized carbons (Fsp3) is 0.190. The molecule has 1 N–H and O–H groups in total. The van der Waals surface area contributed by atoms with Crippen LogP contribution in [0.3, 0.4) is 0 Å². The van der Waals surface area contributed by atoms with Crippen LogP contribution in [0, 0.1) is 18.6 Å². The smallest absolute Gasteiger partial charge is 0.422 e.